The molecule has 0 spiro atoms. The Morgan fingerprint density at radius 2 is 2.20 bits per heavy atom. The van der Waals surface area contributed by atoms with Gasteiger partial charge in [0.2, 0.25) is 5.91 Å². The Labute approximate surface area is 117 Å². The lowest BCUT2D eigenvalue weighted by Crippen LogP contribution is -2.26. The summed E-state index contributed by atoms with van der Waals surface area (Å²) in [4.78, 5) is 22.7. The van der Waals surface area contributed by atoms with Crippen LogP contribution in [0.5, 0.6) is 0 Å². The summed E-state index contributed by atoms with van der Waals surface area (Å²) in [6.45, 7) is 0.737. The standard InChI is InChI=1S/C14H19N3O3/c1-20-14(19)17-11-5-2-4-10(8-11)16-12-6-3-7-15-13(18)9-12/h2,4-5,8,12,16H,3,6-7,9H2,1H3,(H,15,18)(H,17,19). The highest BCUT2D eigenvalue weighted by Gasteiger charge is 2.17. The number of nitrogens with one attached hydrogen (secondary N) is 3. The SMILES string of the molecule is COC(=O)Nc1cccc(NC2CCCNC(=O)C2)c1. The molecule has 1 fully saturated rings. The lowest BCUT2D eigenvalue weighted by atomic mass is 10.1. The molecule has 1 aliphatic heterocycles. The monoisotopic (exact) mass is 277 g/mol. The number of rotatable bonds is 3. The van der Waals surface area contributed by atoms with Gasteiger partial charge in [-0.05, 0) is 31.0 Å². The van der Waals surface area contributed by atoms with Crippen molar-refractivity contribution in [3.05, 3.63) is 24.3 Å². The molecule has 1 aromatic carbocycles. The van der Waals surface area contributed by atoms with Crippen LogP contribution < -0.4 is 16.0 Å². The molecule has 1 aromatic rings. The molecule has 108 valence electrons. The zero-order chi connectivity index (χ0) is 14.4. The zero-order valence-corrected chi connectivity index (χ0v) is 11.4. The van der Waals surface area contributed by atoms with Gasteiger partial charge in [0.25, 0.3) is 0 Å². The first-order chi connectivity index (χ1) is 9.67. The summed E-state index contributed by atoms with van der Waals surface area (Å²) in [5, 5.41) is 8.79. The van der Waals surface area contributed by atoms with Gasteiger partial charge in [0.1, 0.15) is 0 Å². The Kier molecular flexibility index (Phi) is 4.81. The Morgan fingerprint density at radius 3 is 3.00 bits per heavy atom. The van der Waals surface area contributed by atoms with Gasteiger partial charge >= 0.3 is 6.09 Å². The number of amides is 2. The normalized spacial score (nSPS) is 18.6. The van der Waals surface area contributed by atoms with E-state index in [2.05, 4.69) is 20.7 Å². The van der Waals surface area contributed by atoms with Gasteiger partial charge in [-0.1, -0.05) is 6.07 Å². The predicted octanol–water partition coefficient (Wildman–Crippen LogP) is 1.95. The van der Waals surface area contributed by atoms with Crippen LogP contribution in [0.1, 0.15) is 19.3 Å². The maximum absolute atomic E-state index is 11.5. The maximum atomic E-state index is 11.5. The summed E-state index contributed by atoms with van der Waals surface area (Å²) >= 11 is 0. The van der Waals surface area contributed by atoms with Crippen LogP contribution in [0, 0.1) is 0 Å². The molecule has 1 saturated heterocycles. The Morgan fingerprint density at radius 1 is 1.40 bits per heavy atom. The lowest BCUT2D eigenvalue weighted by molar-refractivity contribution is -0.120. The van der Waals surface area contributed by atoms with Crippen molar-refractivity contribution in [1.29, 1.82) is 0 Å². The fourth-order valence-corrected chi connectivity index (χ4v) is 2.19. The van der Waals surface area contributed by atoms with E-state index in [0.29, 0.717) is 12.1 Å². The quantitative estimate of drug-likeness (QED) is 0.789. The summed E-state index contributed by atoms with van der Waals surface area (Å²) in [6.07, 6.45) is 1.86. The van der Waals surface area contributed by atoms with Gasteiger partial charge in [0.05, 0.1) is 7.11 Å². The molecule has 1 aliphatic rings. The average molecular weight is 277 g/mol. The smallest absolute Gasteiger partial charge is 0.411 e. The van der Waals surface area contributed by atoms with E-state index in [1.165, 1.54) is 7.11 Å². The molecule has 3 N–H and O–H groups in total. The molecule has 1 unspecified atom stereocenters. The van der Waals surface area contributed by atoms with E-state index in [1.807, 2.05) is 18.2 Å². The number of hydrogen-bond acceptors (Lipinski definition) is 4. The van der Waals surface area contributed by atoms with E-state index in [-0.39, 0.29) is 11.9 Å². The molecule has 2 amide bonds. The van der Waals surface area contributed by atoms with Gasteiger partial charge in [0.15, 0.2) is 0 Å². The van der Waals surface area contributed by atoms with Crippen LogP contribution in [0.25, 0.3) is 0 Å². The molecule has 0 aliphatic carbocycles. The number of benzene rings is 1. The largest absolute Gasteiger partial charge is 0.453 e. The Balaban J connectivity index is 1.99. The van der Waals surface area contributed by atoms with Crippen LogP contribution >= 0.6 is 0 Å². The summed E-state index contributed by atoms with van der Waals surface area (Å²) in [6, 6.07) is 7.46. The molecular formula is C14H19N3O3. The number of anilines is 2. The van der Waals surface area contributed by atoms with Gasteiger partial charge in [-0.15, -0.1) is 0 Å². The topological polar surface area (TPSA) is 79.5 Å². The molecule has 6 heteroatoms. The first-order valence-electron chi connectivity index (χ1n) is 6.65. The third-order valence-corrected chi connectivity index (χ3v) is 3.15. The van der Waals surface area contributed by atoms with E-state index >= 15 is 0 Å². The second kappa shape index (κ2) is 6.79. The third kappa shape index (κ3) is 4.15. The van der Waals surface area contributed by atoms with E-state index in [4.69, 9.17) is 0 Å². The highest BCUT2D eigenvalue weighted by Crippen LogP contribution is 2.19. The average Bonchev–Trinajstić information content (AvgIpc) is 2.63. The van der Waals surface area contributed by atoms with Crippen molar-refractivity contribution in [1.82, 2.24) is 5.32 Å². The van der Waals surface area contributed by atoms with Gasteiger partial charge in [-0.2, -0.15) is 0 Å². The first-order valence-corrected chi connectivity index (χ1v) is 6.65. The van der Waals surface area contributed by atoms with Crippen LogP contribution in [0.2, 0.25) is 0 Å². The molecule has 1 heterocycles. The summed E-state index contributed by atoms with van der Waals surface area (Å²) in [5.41, 5.74) is 1.53. The van der Waals surface area contributed by atoms with Crippen molar-refractivity contribution < 1.29 is 14.3 Å². The number of methoxy groups -OCH3 is 1. The minimum absolute atomic E-state index is 0.0730. The van der Waals surface area contributed by atoms with E-state index in [0.717, 1.165) is 25.1 Å². The second-order valence-corrected chi connectivity index (χ2v) is 4.73. The van der Waals surface area contributed by atoms with Crippen molar-refractivity contribution in [2.24, 2.45) is 0 Å². The van der Waals surface area contributed by atoms with Crippen LogP contribution in [-0.2, 0) is 9.53 Å². The fourth-order valence-electron chi connectivity index (χ4n) is 2.19. The van der Waals surface area contributed by atoms with Gasteiger partial charge in [-0.25, -0.2) is 4.79 Å². The van der Waals surface area contributed by atoms with Crippen LogP contribution in [0.3, 0.4) is 0 Å². The molecule has 6 nitrogen and oxygen atoms in total. The number of carbonyl (C=O) groups excluding carboxylic acids is 2. The predicted molar refractivity (Wildman–Crippen MR) is 76.7 cm³/mol. The Hall–Kier alpha value is -2.24. The van der Waals surface area contributed by atoms with Crippen molar-refractivity contribution >= 4 is 23.4 Å². The molecule has 0 aromatic heterocycles. The van der Waals surface area contributed by atoms with E-state index in [9.17, 15) is 9.59 Å². The lowest BCUT2D eigenvalue weighted by Gasteiger charge is -2.17. The number of hydrogen-bond donors (Lipinski definition) is 3. The van der Waals surface area contributed by atoms with Crippen molar-refractivity contribution in [3.63, 3.8) is 0 Å². The van der Waals surface area contributed by atoms with E-state index < -0.39 is 6.09 Å². The zero-order valence-electron chi connectivity index (χ0n) is 11.4. The minimum Gasteiger partial charge on any atom is -0.453 e. The molecule has 0 saturated carbocycles. The molecule has 0 radical (unpaired) electrons. The van der Waals surface area contributed by atoms with Crippen LogP contribution in [0.4, 0.5) is 16.2 Å². The fraction of sp³-hybridized carbons (Fsp3) is 0.429. The number of ether oxygens (including phenoxy) is 1. The van der Waals surface area contributed by atoms with Crippen molar-refractivity contribution in [3.8, 4) is 0 Å². The minimum atomic E-state index is -0.504. The van der Waals surface area contributed by atoms with Crippen LogP contribution in [0.15, 0.2) is 24.3 Å². The maximum Gasteiger partial charge on any atom is 0.411 e. The summed E-state index contributed by atoms with van der Waals surface area (Å²) < 4.78 is 4.55. The summed E-state index contributed by atoms with van der Waals surface area (Å²) in [7, 11) is 1.32. The van der Waals surface area contributed by atoms with E-state index in [1.54, 1.807) is 6.07 Å². The van der Waals surface area contributed by atoms with Crippen LogP contribution in [-0.4, -0.2) is 31.7 Å². The van der Waals surface area contributed by atoms with Gasteiger partial charge in [0, 0.05) is 30.4 Å². The number of carbonyl (C=O) groups is 2. The van der Waals surface area contributed by atoms with Crippen molar-refractivity contribution in [2.75, 3.05) is 24.3 Å². The first kappa shape index (κ1) is 14.2. The second-order valence-electron chi connectivity index (χ2n) is 4.73. The summed E-state index contributed by atoms with van der Waals surface area (Å²) in [5.74, 6) is 0.0730. The molecule has 20 heavy (non-hydrogen) atoms. The molecule has 1 atom stereocenters. The molecule has 0 bridgehead atoms. The highest BCUT2D eigenvalue weighted by atomic mass is 16.5. The Bertz CT molecular complexity index is 490. The molecular weight excluding hydrogens is 258 g/mol. The third-order valence-electron chi connectivity index (χ3n) is 3.15. The van der Waals surface area contributed by atoms with Crippen molar-refractivity contribution in [2.45, 2.75) is 25.3 Å². The highest BCUT2D eigenvalue weighted by molar-refractivity contribution is 5.85. The molecule has 2 rings (SSSR count). The van der Waals surface area contributed by atoms with Gasteiger partial charge in [-0.3, -0.25) is 10.1 Å². The van der Waals surface area contributed by atoms with Gasteiger partial charge < -0.3 is 15.4 Å².